The van der Waals surface area contributed by atoms with E-state index < -0.39 is 6.10 Å². The third-order valence-electron chi connectivity index (χ3n) is 4.77. The first kappa shape index (κ1) is 18.4. The first-order valence-electron chi connectivity index (χ1n) is 8.94. The van der Waals surface area contributed by atoms with Crippen molar-refractivity contribution in [3.63, 3.8) is 0 Å². The predicted molar refractivity (Wildman–Crippen MR) is 102 cm³/mol. The lowest BCUT2D eigenvalue weighted by molar-refractivity contribution is -0.129. The summed E-state index contributed by atoms with van der Waals surface area (Å²) in [5, 5.41) is 10.2. The summed E-state index contributed by atoms with van der Waals surface area (Å²) in [6.45, 7) is 4.71. The number of rotatable bonds is 4. The van der Waals surface area contributed by atoms with Crippen molar-refractivity contribution in [1.82, 2.24) is 9.80 Å². The lowest BCUT2D eigenvalue weighted by Crippen LogP contribution is -2.36. The standard InChI is InChI=1S/C21H26N2O3/c1-16(24)23-10-9-22(14-20(25)15-23)13-17-5-3-6-18(11-17)19-7-4-8-21(12-19)26-2/h3-8,11-12,20,25H,9-10,13-15H2,1-2H3/t20-/m0/s1. The Labute approximate surface area is 154 Å². The molecule has 26 heavy (non-hydrogen) atoms. The molecule has 0 aromatic heterocycles. The van der Waals surface area contributed by atoms with Crippen LogP contribution < -0.4 is 4.74 Å². The number of hydrogen-bond acceptors (Lipinski definition) is 4. The number of carbonyl (C=O) groups excluding carboxylic acids is 1. The molecule has 0 unspecified atom stereocenters. The van der Waals surface area contributed by atoms with E-state index in [1.54, 1.807) is 18.9 Å². The molecule has 1 aliphatic rings. The molecule has 3 rings (SSSR count). The molecule has 2 aromatic carbocycles. The van der Waals surface area contributed by atoms with Gasteiger partial charge in [0.1, 0.15) is 5.75 Å². The highest BCUT2D eigenvalue weighted by molar-refractivity contribution is 5.73. The van der Waals surface area contributed by atoms with Crippen LogP contribution in [-0.4, -0.2) is 60.2 Å². The maximum atomic E-state index is 11.6. The summed E-state index contributed by atoms with van der Waals surface area (Å²) in [7, 11) is 1.67. The van der Waals surface area contributed by atoms with Crippen LogP contribution >= 0.6 is 0 Å². The third-order valence-corrected chi connectivity index (χ3v) is 4.77. The van der Waals surface area contributed by atoms with Crippen LogP contribution in [0.3, 0.4) is 0 Å². The fourth-order valence-corrected chi connectivity index (χ4v) is 3.39. The van der Waals surface area contributed by atoms with E-state index in [9.17, 15) is 9.90 Å². The Morgan fingerprint density at radius 2 is 1.85 bits per heavy atom. The summed E-state index contributed by atoms with van der Waals surface area (Å²) in [5.74, 6) is 0.860. The van der Waals surface area contributed by atoms with E-state index in [1.807, 2.05) is 18.2 Å². The molecule has 1 aliphatic heterocycles. The van der Waals surface area contributed by atoms with Crippen molar-refractivity contribution in [2.24, 2.45) is 0 Å². The molecule has 1 heterocycles. The van der Waals surface area contributed by atoms with Gasteiger partial charge in [0.2, 0.25) is 5.91 Å². The molecule has 1 atom stereocenters. The number of β-amino-alcohol motifs (C(OH)–C–C–N with tert-alkyl or cyclic N) is 1. The largest absolute Gasteiger partial charge is 0.497 e. The first-order valence-corrected chi connectivity index (χ1v) is 8.94. The van der Waals surface area contributed by atoms with Gasteiger partial charge in [-0.25, -0.2) is 0 Å². The second-order valence-electron chi connectivity index (χ2n) is 6.79. The van der Waals surface area contributed by atoms with E-state index in [4.69, 9.17) is 4.74 Å². The lowest BCUT2D eigenvalue weighted by atomic mass is 10.0. The average molecular weight is 354 g/mol. The van der Waals surface area contributed by atoms with Gasteiger partial charge in [-0.3, -0.25) is 9.69 Å². The molecule has 5 nitrogen and oxygen atoms in total. The number of methoxy groups -OCH3 is 1. The molecule has 1 N–H and O–H groups in total. The minimum absolute atomic E-state index is 0.0194. The Balaban J connectivity index is 1.73. The van der Waals surface area contributed by atoms with Gasteiger partial charge in [-0.2, -0.15) is 0 Å². The first-order chi connectivity index (χ1) is 12.5. The second kappa shape index (κ2) is 8.34. The average Bonchev–Trinajstić information content (AvgIpc) is 2.83. The number of aliphatic hydroxyl groups is 1. The van der Waals surface area contributed by atoms with Crippen LogP contribution in [0.4, 0.5) is 0 Å². The molecule has 1 fully saturated rings. The highest BCUT2D eigenvalue weighted by atomic mass is 16.5. The van der Waals surface area contributed by atoms with Crippen LogP contribution in [0.5, 0.6) is 5.75 Å². The molecule has 1 amide bonds. The maximum absolute atomic E-state index is 11.6. The maximum Gasteiger partial charge on any atom is 0.219 e. The molecule has 5 heteroatoms. The fraction of sp³-hybridized carbons (Fsp3) is 0.381. The van der Waals surface area contributed by atoms with Crippen LogP contribution in [0, 0.1) is 0 Å². The molecule has 138 valence electrons. The topological polar surface area (TPSA) is 53.0 Å². The van der Waals surface area contributed by atoms with E-state index in [2.05, 4.69) is 35.2 Å². The van der Waals surface area contributed by atoms with Gasteiger partial charge in [-0.15, -0.1) is 0 Å². The Kier molecular flexibility index (Phi) is 5.91. The molecular weight excluding hydrogens is 328 g/mol. The molecule has 0 bridgehead atoms. The number of aliphatic hydroxyl groups excluding tert-OH is 1. The van der Waals surface area contributed by atoms with Crippen molar-refractivity contribution in [3.8, 4) is 16.9 Å². The Hall–Kier alpha value is -2.37. The van der Waals surface area contributed by atoms with Gasteiger partial charge in [-0.05, 0) is 34.9 Å². The normalized spacial score (nSPS) is 18.4. The van der Waals surface area contributed by atoms with Crippen molar-refractivity contribution in [2.75, 3.05) is 33.3 Å². The molecule has 0 spiro atoms. The number of ether oxygens (including phenoxy) is 1. The monoisotopic (exact) mass is 354 g/mol. The van der Waals surface area contributed by atoms with Gasteiger partial charge in [0.25, 0.3) is 0 Å². The van der Waals surface area contributed by atoms with Crippen LogP contribution in [0.2, 0.25) is 0 Å². The molecule has 0 aliphatic carbocycles. The van der Waals surface area contributed by atoms with Gasteiger partial charge in [0.05, 0.1) is 13.2 Å². The summed E-state index contributed by atoms with van der Waals surface area (Å²) >= 11 is 0. The highest BCUT2D eigenvalue weighted by Gasteiger charge is 2.22. The second-order valence-corrected chi connectivity index (χ2v) is 6.79. The summed E-state index contributed by atoms with van der Waals surface area (Å²) < 4.78 is 5.31. The molecule has 2 aromatic rings. The quantitative estimate of drug-likeness (QED) is 0.916. The van der Waals surface area contributed by atoms with Gasteiger partial charge >= 0.3 is 0 Å². The van der Waals surface area contributed by atoms with E-state index in [-0.39, 0.29) is 5.91 Å². The van der Waals surface area contributed by atoms with E-state index in [1.165, 1.54) is 5.56 Å². The predicted octanol–water partition coefficient (Wildman–Crippen LogP) is 2.39. The smallest absolute Gasteiger partial charge is 0.219 e. The summed E-state index contributed by atoms with van der Waals surface area (Å²) in [6.07, 6.45) is -0.511. The van der Waals surface area contributed by atoms with Crippen molar-refractivity contribution >= 4 is 5.91 Å². The number of hydrogen-bond donors (Lipinski definition) is 1. The number of amides is 1. The highest BCUT2D eigenvalue weighted by Crippen LogP contribution is 2.25. The van der Waals surface area contributed by atoms with E-state index in [0.29, 0.717) is 19.6 Å². The zero-order valence-electron chi connectivity index (χ0n) is 15.4. The summed E-state index contributed by atoms with van der Waals surface area (Å²) in [6, 6.07) is 16.4. The minimum atomic E-state index is -0.511. The molecule has 0 saturated carbocycles. The number of nitrogens with zero attached hydrogens (tertiary/aromatic N) is 2. The van der Waals surface area contributed by atoms with Crippen LogP contribution in [-0.2, 0) is 11.3 Å². The van der Waals surface area contributed by atoms with Crippen molar-refractivity contribution in [2.45, 2.75) is 19.6 Å². The Morgan fingerprint density at radius 3 is 2.58 bits per heavy atom. The molecular formula is C21H26N2O3. The summed E-state index contributed by atoms with van der Waals surface area (Å²) in [4.78, 5) is 15.5. The third kappa shape index (κ3) is 4.62. The van der Waals surface area contributed by atoms with Crippen LogP contribution in [0.25, 0.3) is 11.1 Å². The summed E-state index contributed by atoms with van der Waals surface area (Å²) in [5.41, 5.74) is 3.45. The zero-order chi connectivity index (χ0) is 18.5. The van der Waals surface area contributed by atoms with Gasteiger partial charge in [0.15, 0.2) is 0 Å². The minimum Gasteiger partial charge on any atom is -0.497 e. The Morgan fingerprint density at radius 1 is 1.12 bits per heavy atom. The van der Waals surface area contributed by atoms with Gasteiger partial charge in [-0.1, -0.05) is 30.3 Å². The van der Waals surface area contributed by atoms with Gasteiger partial charge < -0.3 is 14.7 Å². The molecule has 0 radical (unpaired) electrons. The van der Waals surface area contributed by atoms with Crippen molar-refractivity contribution in [3.05, 3.63) is 54.1 Å². The zero-order valence-corrected chi connectivity index (χ0v) is 15.4. The van der Waals surface area contributed by atoms with Crippen LogP contribution in [0.1, 0.15) is 12.5 Å². The number of carbonyl (C=O) groups is 1. The van der Waals surface area contributed by atoms with E-state index >= 15 is 0 Å². The Bertz CT molecular complexity index is 762. The SMILES string of the molecule is COc1cccc(-c2cccc(CN3CCN(C(C)=O)C[C@@H](O)C3)c2)c1. The van der Waals surface area contributed by atoms with E-state index in [0.717, 1.165) is 30.0 Å². The van der Waals surface area contributed by atoms with Crippen LogP contribution in [0.15, 0.2) is 48.5 Å². The fourth-order valence-electron chi connectivity index (χ4n) is 3.39. The lowest BCUT2D eigenvalue weighted by Gasteiger charge is -2.21. The van der Waals surface area contributed by atoms with Gasteiger partial charge in [0, 0.05) is 39.6 Å². The van der Waals surface area contributed by atoms with Crippen molar-refractivity contribution in [1.29, 1.82) is 0 Å². The molecule has 1 saturated heterocycles. The van der Waals surface area contributed by atoms with Crippen molar-refractivity contribution < 1.29 is 14.6 Å². The number of benzene rings is 2.